The van der Waals surface area contributed by atoms with Gasteiger partial charge in [-0.3, -0.25) is 4.98 Å². The molecular formula is C12H15N5O. The number of ether oxygens (including phenoxy) is 1. The summed E-state index contributed by atoms with van der Waals surface area (Å²) in [5.41, 5.74) is 0.694. The monoisotopic (exact) mass is 245 g/mol. The first-order valence-electron chi connectivity index (χ1n) is 5.87. The van der Waals surface area contributed by atoms with Crippen LogP contribution in [-0.4, -0.2) is 33.1 Å². The number of pyridine rings is 1. The molecule has 2 rings (SSSR count). The normalized spacial score (nSPS) is 10.1. The van der Waals surface area contributed by atoms with E-state index < -0.39 is 0 Å². The molecule has 0 atom stereocenters. The molecule has 0 aliphatic rings. The molecule has 0 aliphatic heterocycles. The summed E-state index contributed by atoms with van der Waals surface area (Å²) in [6.45, 7) is 5.11. The minimum Gasteiger partial charge on any atom is -0.464 e. The molecular weight excluding hydrogens is 230 g/mol. The van der Waals surface area contributed by atoms with Crippen molar-refractivity contribution in [3.63, 3.8) is 0 Å². The highest BCUT2D eigenvalue weighted by atomic mass is 16.5. The smallest absolute Gasteiger partial charge is 0.321 e. The zero-order valence-electron chi connectivity index (χ0n) is 10.4. The van der Waals surface area contributed by atoms with Gasteiger partial charge in [0.25, 0.3) is 0 Å². The van der Waals surface area contributed by atoms with Crippen LogP contribution in [0.5, 0.6) is 6.01 Å². The van der Waals surface area contributed by atoms with Crippen LogP contribution >= 0.6 is 0 Å². The van der Waals surface area contributed by atoms with Gasteiger partial charge in [-0.2, -0.15) is 15.0 Å². The van der Waals surface area contributed by atoms with Crippen molar-refractivity contribution in [2.75, 3.05) is 18.5 Å². The van der Waals surface area contributed by atoms with E-state index in [2.05, 4.69) is 25.3 Å². The standard InChI is InChI=1S/C12H15N5O/c1-3-13-11-15-10(9-7-5-6-8-14-9)16-12(17-11)18-4-2/h5-8H,3-4H2,1-2H3,(H,13,15,16,17). The number of rotatable bonds is 5. The lowest BCUT2D eigenvalue weighted by molar-refractivity contribution is 0.312. The van der Waals surface area contributed by atoms with Crippen molar-refractivity contribution >= 4 is 5.95 Å². The zero-order valence-corrected chi connectivity index (χ0v) is 10.4. The highest BCUT2D eigenvalue weighted by Gasteiger charge is 2.09. The molecule has 18 heavy (non-hydrogen) atoms. The number of aromatic nitrogens is 4. The lowest BCUT2D eigenvalue weighted by atomic mass is 10.3. The Morgan fingerprint density at radius 2 is 2.06 bits per heavy atom. The summed E-state index contributed by atoms with van der Waals surface area (Å²) in [5.74, 6) is 1.00. The summed E-state index contributed by atoms with van der Waals surface area (Å²) in [5, 5.41) is 3.05. The summed E-state index contributed by atoms with van der Waals surface area (Å²) in [4.78, 5) is 16.9. The predicted octanol–water partition coefficient (Wildman–Crippen LogP) is 1.76. The van der Waals surface area contributed by atoms with Crippen molar-refractivity contribution < 1.29 is 4.74 Å². The molecule has 0 amide bonds. The Morgan fingerprint density at radius 1 is 1.17 bits per heavy atom. The van der Waals surface area contributed by atoms with Gasteiger partial charge in [0.15, 0.2) is 5.82 Å². The third kappa shape index (κ3) is 2.91. The molecule has 6 nitrogen and oxygen atoms in total. The molecule has 1 N–H and O–H groups in total. The molecule has 0 spiro atoms. The van der Waals surface area contributed by atoms with Crippen molar-refractivity contribution in [1.29, 1.82) is 0 Å². The fourth-order valence-electron chi connectivity index (χ4n) is 1.40. The highest BCUT2D eigenvalue weighted by Crippen LogP contribution is 2.16. The van der Waals surface area contributed by atoms with E-state index in [1.165, 1.54) is 0 Å². The Labute approximate surface area is 105 Å². The summed E-state index contributed by atoms with van der Waals surface area (Å²) in [6.07, 6.45) is 1.70. The molecule has 0 unspecified atom stereocenters. The molecule has 2 aromatic rings. The second-order valence-corrected chi connectivity index (χ2v) is 3.44. The molecule has 0 aliphatic carbocycles. The number of hydrogen-bond acceptors (Lipinski definition) is 6. The van der Waals surface area contributed by atoms with Crippen LogP contribution < -0.4 is 10.1 Å². The summed E-state index contributed by atoms with van der Waals surface area (Å²) in [6, 6.07) is 5.89. The second kappa shape index (κ2) is 5.90. The van der Waals surface area contributed by atoms with E-state index in [0.29, 0.717) is 30.1 Å². The van der Waals surface area contributed by atoms with Crippen LogP contribution in [0.1, 0.15) is 13.8 Å². The maximum absolute atomic E-state index is 5.32. The number of nitrogens with one attached hydrogen (secondary N) is 1. The summed E-state index contributed by atoms with van der Waals surface area (Å²) < 4.78 is 5.32. The zero-order chi connectivity index (χ0) is 12.8. The van der Waals surface area contributed by atoms with E-state index in [1.807, 2.05) is 32.0 Å². The first kappa shape index (κ1) is 12.2. The lowest BCUT2D eigenvalue weighted by Crippen LogP contribution is -2.07. The van der Waals surface area contributed by atoms with Gasteiger partial charge in [0, 0.05) is 12.7 Å². The largest absolute Gasteiger partial charge is 0.464 e. The van der Waals surface area contributed by atoms with Crippen LogP contribution in [0.25, 0.3) is 11.5 Å². The van der Waals surface area contributed by atoms with Crippen LogP contribution in [0.3, 0.4) is 0 Å². The Morgan fingerprint density at radius 3 is 2.72 bits per heavy atom. The molecule has 0 aromatic carbocycles. The lowest BCUT2D eigenvalue weighted by Gasteiger charge is -2.07. The quantitative estimate of drug-likeness (QED) is 0.865. The molecule has 0 fully saturated rings. The number of nitrogens with zero attached hydrogens (tertiary/aromatic N) is 4. The van der Waals surface area contributed by atoms with E-state index in [0.717, 1.165) is 6.54 Å². The van der Waals surface area contributed by atoms with Gasteiger partial charge >= 0.3 is 6.01 Å². The maximum Gasteiger partial charge on any atom is 0.321 e. The van der Waals surface area contributed by atoms with Crippen LogP contribution in [0.15, 0.2) is 24.4 Å². The fraction of sp³-hybridized carbons (Fsp3) is 0.333. The van der Waals surface area contributed by atoms with Gasteiger partial charge in [-0.15, -0.1) is 0 Å². The Hall–Kier alpha value is -2.24. The van der Waals surface area contributed by atoms with Gasteiger partial charge in [0.05, 0.1) is 6.61 Å². The molecule has 0 radical (unpaired) electrons. The van der Waals surface area contributed by atoms with Gasteiger partial charge in [0.1, 0.15) is 5.69 Å². The number of anilines is 1. The topological polar surface area (TPSA) is 72.8 Å². The van der Waals surface area contributed by atoms with E-state index in [1.54, 1.807) is 6.20 Å². The molecule has 2 heterocycles. The fourth-order valence-corrected chi connectivity index (χ4v) is 1.40. The van der Waals surface area contributed by atoms with Crippen LogP contribution in [0.4, 0.5) is 5.95 Å². The van der Waals surface area contributed by atoms with Gasteiger partial charge in [-0.05, 0) is 26.0 Å². The average Bonchev–Trinajstić information content (AvgIpc) is 2.40. The third-order valence-corrected chi connectivity index (χ3v) is 2.12. The Balaban J connectivity index is 2.39. The molecule has 0 saturated carbocycles. The molecule has 2 aromatic heterocycles. The third-order valence-electron chi connectivity index (χ3n) is 2.12. The van der Waals surface area contributed by atoms with E-state index >= 15 is 0 Å². The summed E-state index contributed by atoms with van der Waals surface area (Å²) >= 11 is 0. The number of hydrogen-bond donors (Lipinski definition) is 1. The Kier molecular flexibility index (Phi) is 4.01. The predicted molar refractivity (Wildman–Crippen MR) is 68.4 cm³/mol. The highest BCUT2D eigenvalue weighted by molar-refractivity contribution is 5.50. The van der Waals surface area contributed by atoms with Crippen molar-refractivity contribution in [1.82, 2.24) is 19.9 Å². The van der Waals surface area contributed by atoms with E-state index in [-0.39, 0.29) is 0 Å². The minimum atomic E-state index is 0.309. The molecule has 0 bridgehead atoms. The first-order valence-corrected chi connectivity index (χ1v) is 5.87. The molecule has 0 saturated heterocycles. The van der Waals surface area contributed by atoms with Gasteiger partial charge in [-0.25, -0.2) is 0 Å². The van der Waals surface area contributed by atoms with Gasteiger partial charge in [0.2, 0.25) is 5.95 Å². The van der Waals surface area contributed by atoms with Crippen LogP contribution in [0.2, 0.25) is 0 Å². The van der Waals surface area contributed by atoms with Crippen molar-refractivity contribution in [2.24, 2.45) is 0 Å². The van der Waals surface area contributed by atoms with Gasteiger partial charge < -0.3 is 10.1 Å². The molecule has 6 heteroatoms. The van der Waals surface area contributed by atoms with Gasteiger partial charge in [-0.1, -0.05) is 6.07 Å². The van der Waals surface area contributed by atoms with Crippen molar-refractivity contribution in [3.8, 4) is 17.5 Å². The van der Waals surface area contributed by atoms with Crippen LogP contribution in [0, 0.1) is 0 Å². The second-order valence-electron chi connectivity index (χ2n) is 3.44. The maximum atomic E-state index is 5.32. The summed E-state index contributed by atoms with van der Waals surface area (Å²) in [7, 11) is 0. The first-order chi connectivity index (χ1) is 8.83. The van der Waals surface area contributed by atoms with E-state index in [4.69, 9.17) is 4.74 Å². The molecule has 94 valence electrons. The van der Waals surface area contributed by atoms with E-state index in [9.17, 15) is 0 Å². The average molecular weight is 245 g/mol. The van der Waals surface area contributed by atoms with Crippen molar-refractivity contribution in [3.05, 3.63) is 24.4 Å². The Bertz CT molecular complexity index is 479. The van der Waals surface area contributed by atoms with Crippen LogP contribution in [-0.2, 0) is 0 Å². The minimum absolute atomic E-state index is 0.309. The van der Waals surface area contributed by atoms with Crippen molar-refractivity contribution in [2.45, 2.75) is 13.8 Å². The SMILES string of the molecule is CCNc1nc(OCC)nc(-c2ccccn2)n1.